The first-order chi connectivity index (χ1) is 7.24. The Morgan fingerprint density at radius 3 is 1.67 bits per heavy atom. The number of benzene rings is 2. The molecule has 2 aromatic carbocycles. The van der Waals surface area contributed by atoms with E-state index >= 15 is 0 Å². The van der Waals surface area contributed by atoms with Gasteiger partial charge in [0.2, 0.25) is 0 Å². The molecule has 0 bridgehead atoms. The van der Waals surface area contributed by atoms with Crippen molar-refractivity contribution in [1.29, 1.82) is 0 Å². The zero-order valence-electron chi connectivity index (χ0n) is 7.72. The summed E-state index contributed by atoms with van der Waals surface area (Å²) in [5.41, 5.74) is 2.43. The lowest BCUT2D eigenvalue weighted by molar-refractivity contribution is 1.54. The number of hydrogen-bond acceptors (Lipinski definition) is 0. The molecule has 0 spiro atoms. The summed E-state index contributed by atoms with van der Waals surface area (Å²) in [5, 5.41) is 2.63. The quantitative estimate of drug-likeness (QED) is 0.516. The SMILES string of the molecule is Ic1ccc2[nH]c3ccc(I)cc3c2c1. The van der Waals surface area contributed by atoms with E-state index in [4.69, 9.17) is 0 Å². The van der Waals surface area contributed by atoms with E-state index in [1.807, 2.05) is 0 Å². The predicted octanol–water partition coefficient (Wildman–Crippen LogP) is 4.53. The molecule has 3 aromatic rings. The predicted molar refractivity (Wildman–Crippen MR) is 81.2 cm³/mol. The highest BCUT2D eigenvalue weighted by atomic mass is 127. The fourth-order valence-electron chi connectivity index (χ4n) is 1.84. The lowest BCUT2D eigenvalue weighted by atomic mass is 10.2. The Morgan fingerprint density at radius 2 is 1.20 bits per heavy atom. The van der Waals surface area contributed by atoms with Gasteiger partial charge in [-0.15, -0.1) is 0 Å². The van der Waals surface area contributed by atoms with E-state index in [-0.39, 0.29) is 0 Å². The third-order valence-electron chi connectivity index (χ3n) is 2.52. The summed E-state index contributed by atoms with van der Waals surface area (Å²) in [4.78, 5) is 3.43. The Morgan fingerprint density at radius 1 is 0.733 bits per heavy atom. The second-order valence-electron chi connectivity index (χ2n) is 3.50. The van der Waals surface area contributed by atoms with Crippen LogP contribution >= 0.6 is 45.2 Å². The van der Waals surface area contributed by atoms with E-state index < -0.39 is 0 Å². The number of H-pyrrole nitrogens is 1. The minimum Gasteiger partial charge on any atom is -0.355 e. The molecule has 0 aliphatic carbocycles. The molecule has 3 rings (SSSR count). The Kier molecular flexibility index (Phi) is 2.39. The molecule has 74 valence electrons. The number of fused-ring (bicyclic) bond motifs is 3. The van der Waals surface area contributed by atoms with E-state index in [2.05, 4.69) is 86.6 Å². The fraction of sp³-hybridized carbons (Fsp3) is 0. The summed E-state index contributed by atoms with van der Waals surface area (Å²) >= 11 is 4.70. The fourth-order valence-corrected chi connectivity index (χ4v) is 2.82. The van der Waals surface area contributed by atoms with Crippen LogP contribution in [0.25, 0.3) is 21.8 Å². The molecule has 3 heteroatoms. The van der Waals surface area contributed by atoms with Crippen molar-refractivity contribution in [2.75, 3.05) is 0 Å². The van der Waals surface area contributed by atoms with Gasteiger partial charge in [0, 0.05) is 28.9 Å². The van der Waals surface area contributed by atoms with Crippen LogP contribution in [-0.2, 0) is 0 Å². The lowest BCUT2D eigenvalue weighted by Crippen LogP contribution is -1.71. The van der Waals surface area contributed by atoms with Crippen LogP contribution in [0.1, 0.15) is 0 Å². The Balaban J connectivity index is 2.55. The first kappa shape index (κ1) is 9.89. The maximum Gasteiger partial charge on any atom is 0.0465 e. The molecule has 0 aliphatic heterocycles. The Bertz CT molecular complexity index is 599. The third-order valence-corrected chi connectivity index (χ3v) is 3.86. The van der Waals surface area contributed by atoms with Gasteiger partial charge in [0.1, 0.15) is 0 Å². The highest BCUT2D eigenvalue weighted by molar-refractivity contribution is 14.1. The van der Waals surface area contributed by atoms with Crippen molar-refractivity contribution < 1.29 is 0 Å². The van der Waals surface area contributed by atoms with E-state index in [1.54, 1.807) is 0 Å². The van der Waals surface area contributed by atoms with Crippen LogP contribution in [-0.4, -0.2) is 4.98 Å². The van der Waals surface area contributed by atoms with Crippen molar-refractivity contribution in [3.8, 4) is 0 Å². The molecule has 1 nitrogen and oxygen atoms in total. The Labute approximate surface area is 115 Å². The zero-order chi connectivity index (χ0) is 10.4. The smallest absolute Gasteiger partial charge is 0.0465 e. The molecule has 0 aliphatic rings. The van der Waals surface area contributed by atoms with Gasteiger partial charge in [-0.1, -0.05) is 0 Å². The highest BCUT2D eigenvalue weighted by Crippen LogP contribution is 2.27. The van der Waals surface area contributed by atoms with Crippen LogP contribution < -0.4 is 0 Å². The maximum atomic E-state index is 3.43. The molecule has 1 N–H and O–H groups in total. The van der Waals surface area contributed by atoms with Gasteiger partial charge in [0.25, 0.3) is 0 Å². The van der Waals surface area contributed by atoms with Gasteiger partial charge in [-0.25, -0.2) is 0 Å². The number of hydrogen-bond donors (Lipinski definition) is 1. The minimum atomic E-state index is 1.22. The number of halogens is 2. The normalized spacial score (nSPS) is 11.3. The van der Waals surface area contributed by atoms with Crippen molar-refractivity contribution in [2.45, 2.75) is 0 Å². The average molecular weight is 419 g/mol. The molecule has 0 amide bonds. The molecule has 0 fully saturated rings. The number of rotatable bonds is 0. The van der Waals surface area contributed by atoms with Crippen LogP contribution in [0.3, 0.4) is 0 Å². The van der Waals surface area contributed by atoms with Crippen molar-refractivity contribution in [2.24, 2.45) is 0 Å². The van der Waals surface area contributed by atoms with Gasteiger partial charge in [-0.05, 0) is 81.6 Å². The first-order valence-corrected chi connectivity index (χ1v) is 6.76. The van der Waals surface area contributed by atoms with E-state index in [0.29, 0.717) is 0 Å². The van der Waals surface area contributed by atoms with Crippen LogP contribution in [0.5, 0.6) is 0 Å². The summed E-state index contributed by atoms with van der Waals surface area (Å²) in [5.74, 6) is 0. The summed E-state index contributed by atoms with van der Waals surface area (Å²) in [6, 6.07) is 13.0. The van der Waals surface area contributed by atoms with Crippen LogP contribution in [0.4, 0.5) is 0 Å². The summed E-state index contributed by atoms with van der Waals surface area (Å²) in [6.07, 6.45) is 0. The largest absolute Gasteiger partial charge is 0.355 e. The molecule has 1 heterocycles. The summed E-state index contributed by atoms with van der Waals surface area (Å²) < 4.78 is 2.56. The molecule has 0 saturated heterocycles. The highest BCUT2D eigenvalue weighted by Gasteiger charge is 2.04. The molecule has 0 unspecified atom stereocenters. The van der Waals surface area contributed by atoms with E-state index in [0.717, 1.165) is 0 Å². The molecule has 15 heavy (non-hydrogen) atoms. The molecular formula is C12H7I2N. The maximum absolute atomic E-state index is 3.43. The van der Waals surface area contributed by atoms with E-state index in [1.165, 1.54) is 28.9 Å². The lowest BCUT2D eigenvalue weighted by Gasteiger charge is -1.93. The Hall–Kier alpha value is -0.300. The number of aromatic amines is 1. The second-order valence-corrected chi connectivity index (χ2v) is 6.00. The van der Waals surface area contributed by atoms with E-state index in [9.17, 15) is 0 Å². The van der Waals surface area contributed by atoms with Crippen molar-refractivity contribution >= 4 is 67.0 Å². The summed E-state index contributed by atoms with van der Waals surface area (Å²) in [7, 11) is 0. The monoisotopic (exact) mass is 419 g/mol. The van der Waals surface area contributed by atoms with Crippen LogP contribution in [0.2, 0.25) is 0 Å². The standard InChI is InChI=1S/C12H7I2N/c13-7-1-3-11-9(5-7)10-6-8(14)2-4-12(10)15-11/h1-6,15H. The zero-order valence-corrected chi connectivity index (χ0v) is 12.0. The van der Waals surface area contributed by atoms with Gasteiger partial charge in [-0.3, -0.25) is 0 Å². The molecule has 0 saturated carbocycles. The van der Waals surface area contributed by atoms with Crippen molar-refractivity contribution in [1.82, 2.24) is 4.98 Å². The average Bonchev–Trinajstić information content (AvgIpc) is 2.56. The van der Waals surface area contributed by atoms with Gasteiger partial charge in [0.15, 0.2) is 0 Å². The third kappa shape index (κ3) is 1.65. The topological polar surface area (TPSA) is 15.8 Å². The van der Waals surface area contributed by atoms with Gasteiger partial charge < -0.3 is 4.98 Å². The number of nitrogens with one attached hydrogen (secondary N) is 1. The summed E-state index contributed by atoms with van der Waals surface area (Å²) in [6.45, 7) is 0. The minimum absolute atomic E-state index is 1.22. The van der Waals surface area contributed by atoms with Crippen molar-refractivity contribution in [3.05, 3.63) is 43.5 Å². The van der Waals surface area contributed by atoms with Gasteiger partial charge in [0.05, 0.1) is 0 Å². The first-order valence-electron chi connectivity index (χ1n) is 4.60. The van der Waals surface area contributed by atoms with Crippen LogP contribution in [0, 0.1) is 7.14 Å². The molecule has 1 aromatic heterocycles. The molecular weight excluding hydrogens is 412 g/mol. The molecule has 0 radical (unpaired) electrons. The van der Waals surface area contributed by atoms with Crippen molar-refractivity contribution in [3.63, 3.8) is 0 Å². The number of aromatic nitrogens is 1. The van der Waals surface area contributed by atoms with Crippen LogP contribution in [0.15, 0.2) is 36.4 Å². The van der Waals surface area contributed by atoms with Gasteiger partial charge >= 0.3 is 0 Å². The van der Waals surface area contributed by atoms with Gasteiger partial charge in [-0.2, -0.15) is 0 Å². The second kappa shape index (κ2) is 3.62. The molecule has 0 atom stereocenters.